The lowest BCUT2D eigenvalue weighted by molar-refractivity contribution is -0.137. The molecule has 0 fully saturated rings. The fraction of sp³-hybridized carbons (Fsp3) is 0.143. The average molecular weight is 256 g/mol. The number of nitrogens with zero attached hydrogens (tertiary/aromatic N) is 1. The fourth-order valence-corrected chi connectivity index (χ4v) is 1.96. The van der Waals surface area contributed by atoms with Crippen molar-refractivity contribution in [2.75, 3.05) is 5.32 Å². The molecule has 3 aromatic rings. The predicted octanol–water partition coefficient (Wildman–Crippen LogP) is 2.87. The topological polar surface area (TPSA) is 75.4 Å². The number of carboxylic acids is 1. The monoisotopic (exact) mass is 256 g/mol. The van der Waals surface area contributed by atoms with E-state index in [1.807, 2.05) is 36.4 Å². The molecule has 0 aliphatic carbocycles. The number of nitrogens with one attached hydrogen (secondary N) is 1. The van der Waals surface area contributed by atoms with Crippen molar-refractivity contribution in [2.45, 2.75) is 13.0 Å². The van der Waals surface area contributed by atoms with E-state index >= 15 is 0 Å². The quantitative estimate of drug-likeness (QED) is 0.753. The van der Waals surface area contributed by atoms with Gasteiger partial charge >= 0.3 is 5.97 Å². The van der Waals surface area contributed by atoms with Crippen LogP contribution in [-0.4, -0.2) is 22.1 Å². The maximum atomic E-state index is 10.8. The van der Waals surface area contributed by atoms with Gasteiger partial charge in [0.1, 0.15) is 11.6 Å². The molecule has 1 aromatic heterocycles. The number of benzene rings is 2. The number of hydrogen-bond donors (Lipinski definition) is 2. The summed E-state index contributed by atoms with van der Waals surface area (Å²) in [5.74, 6) is -0.952. The lowest BCUT2D eigenvalue weighted by atomic mass is 10.1. The first-order chi connectivity index (χ1) is 9.15. The van der Waals surface area contributed by atoms with Gasteiger partial charge in [0.05, 0.1) is 0 Å². The Hall–Kier alpha value is -2.56. The zero-order chi connectivity index (χ0) is 13.4. The van der Waals surface area contributed by atoms with Gasteiger partial charge in [-0.25, -0.2) is 0 Å². The van der Waals surface area contributed by atoms with Gasteiger partial charge in [-0.05, 0) is 18.4 Å². The minimum atomic E-state index is -0.952. The number of carboxylic acid groups (broad SMARTS) is 1. The largest absolute Gasteiger partial charge is 0.480 e. The molecule has 3 rings (SSSR count). The van der Waals surface area contributed by atoms with Crippen LogP contribution in [-0.2, 0) is 4.79 Å². The lowest BCUT2D eigenvalue weighted by Crippen LogP contribution is -2.25. The summed E-state index contributed by atoms with van der Waals surface area (Å²) in [7, 11) is 0. The number of hydrogen-bond acceptors (Lipinski definition) is 4. The van der Waals surface area contributed by atoms with Crippen molar-refractivity contribution < 1.29 is 14.3 Å². The second-order valence-electron chi connectivity index (χ2n) is 4.36. The summed E-state index contributed by atoms with van der Waals surface area (Å²) in [4.78, 5) is 15.0. The molecule has 1 atom stereocenters. The predicted molar refractivity (Wildman–Crippen MR) is 72.2 cm³/mol. The van der Waals surface area contributed by atoms with Crippen molar-refractivity contribution >= 4 is 33.9 Å². The molecule has 0 aliphatic heterocycles. The molecule has 0 spiro atoms. The van der Waals surface area contributed by atoms with Gasteiger partial charge in [-0.1, -0.05) is 30.3 Å². The third-order valence-corrected chi connectivity index (χ3v) is 2.99. The second-order valence-corrected chi connectivity index (χ2v) is 4.36. The van der Waals surface area contributed by atoms with Crippen LogP contribution in [0.5, 0.6) is 0 Å². The Kier molecular flexibility index (Phi) is 2.59. The van der Waals surface area contributed by atoms with Crippen LogP contribution in [0.3, 0.4) is 0 Å². The summed E-state index contributed by atoms with van der Waals surface area (Å²) in [6, 6.07) is 11.1. The van der Waals surface area contributed by atoms with Crippen molar-refractivity contribution in [1.29, 1.82) is 0 Å². The summed E-state index contributed by atoms with van der Waals surface area (Å²) in [6.07, 6.45) is 0. The summed E-state index contributed by atoms with van der Waals surface area (Å²) in [6.45, 7) is 1.54. The number of carbonyl (C=O) groups is 1. The molecular weight excluding hydrogens is 244 g/mol. The first-order valence-electron chi connectivity index (χ1n) is 5.93. The molecule has 0 amide bonds. The molecule has 0 saturated carbocycles. The zero-order valence-electron chi connectivity index (χ0n) is 10.3. The molecule has 1 heterocycles. The van der Waals surface area contributed by atoms with Crippen LogP contribution in [0.2, 0.25) is 0 Å². The second kappa shape index (κ2) is 4.28. The maximum absolute atomic E-state index is 10.8. The SMILES string of the molecule is C[C@@H](Nc1nc2ccc3ccccc3c2o1)C(=O)O. The molecular formula is C14H12N2O3. The number of aromatic nitrogens is 1. The van der Waals surface area contributed by atoms with E-state index in [9.17, 15) is 4.79 Å². The number of oxazole rings is 1. The standard InChI is InChI=1S/C14H12N2O3/c1-8(13(17)18)15-14-16-11-7-6-9-4-2-3-5-10(9)12(11)19-14/h2-8H,1H3,(H,15,16)(H,17,18)/t8-/m1/s1. The Morgan fingerprint density at radius 1 is 1.32 bits per heavy atom. The molecule has 2 N–H and O–H groups in total. The van der Waals surface area contributed by atoms with Crippen molar-refractivity contribution in [3.63, 3.8) is 0 Å². The van der Waals surface area contributed by atoms with Crippen molar-refractivity contribution in [3.05, 3.63) is 36.4 Å². The number of anilines is 1. The number of fused-ring (bicyclic) bond motifs is 3. The Morgan fingerprint density at radius 2 is 2.11 bits per heavy atom. The van der Waals surface area contributed by atoms with Crippen LogP contribution >= 0.6 is 0 Å². The minimum absolute atomic E-state index is 0.223. The van der Waals surface area contributed by atoms with Crippen molar-refractivity contribution in [2.24, 2.45) is 0 Å². The maximum Gasteiger partial charge on any atom is 0.325 e. The Balaban J connectivity index is 2.10. The highest BCUT2D eigenvalue weighted by Gasteiger charge is 2.15. The third kappa shape index (κ3) is 1.99. The van der Waals surface area contributed by atoms with Gasteiger partial charge in [0.2, 0.25) is 0 Å². The van der Waals surface area contributed by atoms with Gasteiger partial charge in [-0.2, -0.15) is 4.98 Å². The number of rotatable bonds is 3. The highest BCUT2D eigenvalue weighted by atomic mass is 16.4. The molecule has 0 aliphatic rings. The van der Waals surface area contributed by atoms with Gasteiger partial charge in [0, 0.05) is 5.39 Å². The molecule has 0 bridgehead atoms. The van der Waals surface area contributed by atoms with Gasteiger partial charge in [-0.3, -0.25) is 4.79 Å². The van der Waals surface area contributed by atoms with E-state index in [2.05, 4.69) is 10.3 Å². The van der Waals surface area contributed by atoms with E-state index in [1.54, 1.807) is 0 Å². The van der Waals surface area contributed by atoms with E-state index < -0.39 is 12.0 Å². The van der Waals surface area contributed by atoms with Crippen LogP contribution in [0, 0.1) is 0 Å². The van der Waals surface area contributed by atoms with Crippen LogP contribution in [0.1, 0.15) is 6.92 Å². The van der Waals surface area contributed by atoms with Crippen LogP contribution < -0.4 is 5.32 Å². The minimum Gasteiger partial charge on any atom is -0.480 e. The third-order valence-electron chi connectivity index (χ3n) is 2.99. The number of aliphatic carboxylic acids is 1. The van der Waals surface area contributed by atoms with Crippen molar-refractivity contribution in [1.82, 2.24) is 4.98 Å². The molecule has 2 aromatic carbocycles. The highest BCUT2D eigenvalue weighted by Crippen LogP contribution is 2.27. The fourth-order valence-electron chi connectivity index (χ4n) is 1.96. The van der Waals surface area contributed by atoms with Crippen molar-refractivity contribution in [3.8, 4) is 0 Å². The van der Waals surface area contributed by atoms with E-state index in [0.717, 1.165) is 10.8 Å². The van der Waals surface area contributed by atoms with E-state index in [0.29, 0.717) is 11.1 Å². The summed E-state index contributed by atoms with van der Waals surface area (Å²) < 4.78 is 5.62. The van der Waals surface area contributed by atoms with Gasteiger partial charge in [-0.15, -0.1) is 0 Å². The van der Waals surface area contributed by atoms with Gasteiger partial charge < -0.3 is 14.8 Å². The summed E-state index contributed by atoms with van der Waals surface area (Å²) in [5, 5.41) is 13.6. The molecule has 96 valence electrons. The van der Waals surface area contributed by atoms with E-state index in [1.165, 1.54) is 6.92 Å². The zero-order valence-corrected chi connectivity index (χ0v) is 10.3. The van der Waals surface area contributed by atoms with E-state index in [4.69, 9.17) is 9.52 Å². The van der Waals surface area contributed by atoms with Crippen LogP contribution in [0.4, 0.5) is 6.01 Å². The first-order valence-corrected chi connectivity index (χ1v) is 5.93. The van der Waals surface area contributed by atoms with Crippen LogP contribution in [0.15, 0.2) is 40.8 Å². The Bertz CT molecular complexity index is 764. The molecule has 0 saturated heterocycles. The molecule has 0 radical (unpaired) electrons. The normalized spacial score (nSPS) is 12.7. The van der Waals surface area contributed by atoms with Gasteiger partial charge in [0.15, 0.2) is 5.58 Å². The Morgan fingerprint density at radius 3 is 2.89 bits per heavy atom. The molecule has 0 unspecified atom stereocenters. The smallest absolute Gasteiger partial charge is 0.325 e. The summed E-state index contributed by atoms with van der Waals surface area (Å²) >= 11 is 0. The highest BCUT2D eigenvalue weighted by molar-refractivity contribution is 6.03. The van der Waals surface area contributed by atoms with Gasteiger partial charge in [0.25, 0.3) is 6.01 Å². The first kappa shape index (κ1) is 11.5. The molecule has 19 heavy (non-hydrogen) atoms. The average Bonchev–Trinajstić information content (AvgIpc) is 2.81. The van der Waals surface area contributed by atoms with Crippen LogP contribution in [0.25, 0.3) is 21.9 Å². The lowest BCUT2D eigenvalue weighted by Gasteiger charge is -2.04. The molecule has 5 nitrogen and oxygen atoms in total. The van der Waals surface area contributed by atoms with E-state index in [-0.39, 0.29) is 6.01 Å². The molecule has 5 heteroatoms. The summed E-state index contributed by atoms with van der Waals surface area (Å²) in [5.41, 5.74) is 1.37. The Labute approximate surface area is 108 Å².